The molecule has 5 heteroatoms. The van der Waals surface area contributed by atoms with Gasteiger partial charge in [0.2, 0.25) is 0 Å². The van der Waals surface area contributed by atoms with Gasteiger partial charge in [-0.05, 0) is 46.5 Å². The van der Waals surface area contributed by atoms with E-state index in [4.69, 9.17) is 15.0 Å². The lowest BCUT2D eigenvalue weighted by atomic mass is 10.0. The smallest absolute Gasteiger partial charge is 0.166 e. The molecule has 8 aromatic carbocycles. The highest BCUT2D eigenvalue weighted by atomic mass is 32.1. The van der Waals surface area contributed by atoms with Crippen LogP contribution in [0.25, 0.3) is 104 Å². The summed E-state index contributed by atoms with van der Waals surface area (Å²) in [5.41, 5.74) is 10.9. The first-order valence-electron chi connectivity index (χ1n) is 18.8. The van der Waals surface area contributed by atoms with Crippen LogP contribution in [0.4, 0.5) is 0 Å². The van der Waals surface area contributed by atoms with Crippen LogP contribution in [0.2, 0.25) is 0 Å². The zero-order valence-corrected chi connectivity index (χ0v) is 31.0. The molecule has 4 nitrogen and oxygen atoms in total. The maximum Gasteiger partial charge on any atom is 0.166 e. The fourth-order valence-electron chi connectivity index (χ4n) is 8.05. The van der Waals surface area contributed by atoms with Crippen molar-refractivity contribution in [2.75, 3.05) is 0 Å². The standard InChI is InChI=1S/C51H32N4S/c1-4-15-33(16-5-1)34-27-29-37(30-28-34)50-52-49(36-19-8-3-9-20-36)53-51(54-50)42-22-11-13-26-44(42)55-43-25-12-10-21-41(43)46-45(55)32-31-40-39-24-14-23-38(47(39)56-48(40)46)35-17-6-2-7-18-35/h1-32H. The third kappa shape index (κ3) is 5.32. The first-order valence-corrected chi connectivity index (χ1v) is 19.6. The normalized spacial score (nSPS) is 11.6. The van der Waals surface area contributed by atoms with E-state index in [1.165, 1.54) is 47.6 Å². The maximum atomic E-state index is 5.22. The number of hydrogen-bond acceptors (Lipinski definition) is 4. The Hall–Kier alpha value is -7.21. The van der Waals surface area contributed by atoms with Gasteiger partial charge in [0, 0.05) is 47.6 Å². The molecule has 56 heavy (non-hydrogen) atoms. The highest BCUT2D eigenvalue weighted by Crippen LogP contribution is 2.46. The number of benzene rings is 8. The first-order chi connectivity index (χ1) is 27.8. The van der Waals surface area contributed by atoms with Crippen molar-refractivity contribution in [2.45, 2.75) is 0 Å². The van der Waals surface area contributed by atoms with Gasteiger partial charge in [-0.2, -0.15) is 0 Å². The Morgan fingerprint density at radius 3 is 1.59 bits per heavy atom. The van der Waals surface area contributed by atoms with E-state index in [0.717, 1.165) is 39.0 Å². The van der Waals surface area contributed by atoms with E-state index >= 15 is 0 Å². The number of hydrogen-bond donors (Lipinski definition) is 0. The monoisotopic (exact) mass is 732 g/mol. The van der Waals surface area contributed by atoms with Crippen molar-refractivity contribution in [3.05, 3.63) is 194 Å². The highest BCUT2D eigenvalue weighted by Gasteiger charge is 2.22. The molecule has 0 aliphatic rings. The Labute approximate surface area is 327 Å². The number of aromatic nitrogens is 4. The van der Waals surface area contributed by atoms with E-state index in [-0.39, 0.29) is 0 Å². The van der Waals surface area contributed by atoms with Gasteiger partial charge in [0.15, 0.2) is 17.5 Å². The Morgan fingerprint density at radius 2 is 0.839 bits per heavy atom. The minimum absolute atomic E-state index is 0.623. The molecule has 0 radical (unpaired) electrons. The molecule has 3 heterocycles. The summed E-state index contributed by atoms with van der Waals surface area (Å²) >= 11 is 1.89. The SMILES string of the molecule is c1ccc(-c2ccc(-c3nc(-c4ccccc4)nc(-c4ccccc4-n4c5ccccc5c5c6sc7c(-c8ccccc8)cccc7c6ccc54)n3)cc2)cc1. The summed E-state index contributed by atoms with van der Waals surface area (Å²) in [7, 11) is 0. The van der Waals surface area contributed by atoms with Crippen molar-refractivity contribution in [3.8, 4) is 62.1 Å². The lowest BCUT2D eigenvalue weighted by Gasteiger charge is -2.14. The van der Waals surface area contributed by atoms with Gasteiger partial charge in [0.05, 0.1) is 16.7 Å². The molecule has 0 saturated heterocycles. The Balaban J connectivity index is 1.13. The van der Waals surface area contributed by atoms with Gasteiger partial charge in [-0.15, -0.1) is 11.3 Å². The zero-order chi connectivity index (χ0) is 37.0. The van der Waals surface area contributed by atoms with Gasteiger partial charge >= 0.3 is 0 Å². The predicted molar refractivity (Wildman–Crippen MR) is 234 cm³/mol. The maximum absolute atomic E-state index is 5.22. The Kier molecular flexibility index (Phi) is 7.64. The topological polar surface area (TPSA) is 43.6 Å². The fraction of sp³-hybridized carbons (Fsp3) is 0. The largest absolute Gasteiger partial charge is 0.308 e. The second-order valence-corrected chi connectivity index (χ2v) is 15.0. The van der Waals surface area contributed by atoms with E-state index in [1.807, 2.05) is 35.6 Å². The van der Waals surface area contributed by atoms with E-state index in [9.17, 15) is 0 Å². The van der Waals surface area contributed by atoms with Crippen LogP contribution >= 0.6 is 11.3 Å². The molecule has 0 N–H and O–H groups in total. The van der Waals surface area contributed by atoms with Crippen LogP contribution in [0.3, 0.4) is 0 Å². The van der Waals surface area contributed by atoms with Gasteiger partial charge in [0.1, 0.15) is 0 Å². The second kappa shape index (κ2) is 13.3. The number of nitrogens with zero attached hydrogens (tertiary/aromatic N) is 4. The van der Waals surface area contributed by atoms with Crippen molar-refractivity contribution in [3.63, 3.8) is 0 Å². The van der Waals surface area contributed by atoms with Crippen LogP contribution in [-0.4, -0.2) is 19.5 Å². The van der Waals surface area contributed by atoms with Gasteiger partial charge in [0.25, 0.3) is 0 Å². The minimum Gasteiger partial charge on any atom is -0.308 e. The Morgan fingerprint density at radius 1 is 0.321 bits per heavy atom. The lowest BCUT2D eigenvalue weighted by molar-refractivity contribution is 1.06. The summed E-state index contributed by atoms with van der Waals surface area (Å²) in [6, 6.07) is 68.3. The molecule has 0 saturated carbocycles. The molecule has 11 rings (SSSR count). The third-order valence-electron chi connectivity index (χ3n) is 10.7. The number of thiophene rings is 1. The molecular weight excluding hydrogens is 701 g/mol. The zero-order valence-electron chi connectivity index (χ0n) is 30.2. The summed E-state index contributed by atoms with van der Waals surface area (Å²) < 4.78 is 4.99. The van der Waals surface area contributed by atoms with Crippen LogP contribution in [-0.2, 0) is 0 Å². The molecule has 0 amide bonds. The molecule has 0 bridgehead atoms. The van der Waals surface area contributed by atoms with E-state index in [1.54, 1.807) is 0 Å². The van der Waals surface area contributed by atoms with Crippen molar-refractivity contribution < 1.29 is 0 Å². The molecule has 0 aliphatic heterocycles. The van der Waals surface area contributed by atoms with Crippen LogP contribution < -0.4 is 0 Å². The van der Waals surface area contributed by atoms with Crippen molar-refractivity contribution in [1.82, 2.24) is 19.5 Å². The quantitative estimate of drug-likeness (QED) is 0.171. The van der Waals surface area contributed by atoms with Crippen molar-refractivity contribution in [2.24, 2.45) is 0 Å². The number of rotatable bonds is 6. The van der Waals surface area contributed by atoms with Gasteiger partial charge in [-0.3, -0.25) is 0 Å². The van der Waals surface area contributed by atoms with Crippen LogP contribution in [0.1, 0.15) is 0 Å². The van der Waals surface area contributed by atoms with E-state index in [0.29, 0.717) is 17.5 Å². The van der Waals surface area contributed by atoms with Crippen molar-refractivity contribution in [1.29, 1.82) is 0 Å². The average molecular weight is 733 g/mol. The minimum atomic E-state index is 0.623. The van der Waals surface area contributed by atoms with Crippen LogP contribution in [0, 0.1) is 0 Å². The summed E-state index contributed by atoms with van der Waals surface area (Å²) in [5.74, 6) is 1.89. The van der Waals surface area contributed by atoms with Crippen LogP contribution in [0.15, 0.2) is 194 Å². The third-order valence-corrected chi connectivity index (χ3v) is 12.0. The molecule has 0 unspecified atom stereocenters. The Bertz CT molecular complexity index is 3220. The predicted octanol–water partition coefficient (Wildman–Crippen LogP) is 13.7. The molecule has 0 spiro atoms. The van der Waals surface area contributed by atoms with Gasteiger partial charge in [-0.1, -0.05) is 170 Å². The molecule has 0 atom stereocenters. The molecule has 0 fully saturated rings. The molecular formula is C51H32N4S. The summed E-state index contributed by atoms with van der Waals surface area (Å²) in [4.78, 5) is 15.4. The molecule has 3 aromatic heterocycles. The van der Waals surface area contributed by atoms with Crippen molar-refractivity contribution >= 4 is 53.3 Å². The number of fused-ring (bicyclic) bond motifs is 7. The van der Waals surface area contributed by atoms with Gasteiger partial charge < -0.3 is 4.57 Å². The van der Waals surface area contributed by atoms with Crippen LogP contribution in [0.5, 0.6) is 0 Å². The summed E-state index contributed by atoms with van der Waals surface area (Å²) in [5, 5.41) is 5.04. The summed E-state index contributed by atoms with van der Waals surface area (Å²) in [6.07, 6.45) is 0. The fourth-order valence-corrected chi connectivity index (χ4v) is 9.45. The van der Waals surface area contributed by atoms with Gasteiger partial charge in [-0.25, -0.2) is 15.0 Å². The average Bonchev–Trinajstić information content (AvgIpc) is 3.83. The van der Waals surface area contributed by atoms with E-state index < -0.39 is 0 Å². The molecule has 262 valence electrons. The number of para-hydroxylation sites is 2. The van der Waals surface area contributed by atoms with E-state index in [2.05, 4.69) is 174 Å². The second-order valence-electron chi connectivity index (χ2n) is 14.0. The first kappa shape index (κ1) is 32.2. The highest BCUT2D eigenvalue weighted by molar-refractivity contribution is 7.27. The molecule has 0 aliphatic carbocycles. The summed E-state index contributed by atoms with van der Waals surface area (Å²) in [6.45, 7) is 0. The molecule has 11 aromatic rings. The lowest BCUT2D eigenvalue weighted by Crippen LogP contribution is -2.03.